The van der Waals surface area contributed by atoms with Gasteiger partial charge >= 0.3 is 0 Å². The highest BCUT2D eigenvalue weighted by molar-refractivity contribution is 7.16. The van der Waals surface area contributed by atoms with Gasteiger partial charge in [0.15, 0.2) is 11.6 Å². The third kappa shape index (κ3) is 1.37. The van der Waals surface area contributed by atoms with E-state index in [1.54, 1.807) is 0 Å². The van der Waals surface area contributed by atoms with Crippen molar-refractivity contribution in [3.8, 4) is 0 Å². The summed E-state index contributed by atoms with van der Waals surface area (Å²) in [6.07, 6.45) is 2.87. The molecule has 1 aliphatic rings. The minimum absolute atomic E-state index is 0.141. The first-order valence-electron chi connectivity index (χ1n) is 5.28. The molecule has 2 aromatic heterocycles. The van der Waals surface area contributed by atoms with Crippen LogP contribution in [0.3, 0.4) is 0 Å². The van der Waals surface area contributed by atoms with Crippen LogP contribution in [0.5, 0.6) is 0 Å². The predicted molar refractivity (Wildman–Crippen MR) is 65.4 cm³/mol. The zero-order valence-electron chi connectivity index (χ0n) is 9.39. The van der Waals surface area contributed by atoms with E-state index in [2.05, 4.69) is 4.98 Å². The number of rotatable bonds is 1. The Balaban J connectivity index is 2.27. The SMILES string of the molecule is CC(=O)c1cc2c(s1)C(=O)c1cnccc1C2=O. The van der Waals surface area contributed by atoms with Crippen LogP contribution in [0.1, 0.15) is 47.8 Å². The second-order valence-electron chi connectivity index (χ2n) is 3.99. The van der Waals surface area contributed by atoms with Crippen molar-refractivity contribution in [1.82, 2.24) is 4.98 Å². The average Bonchev–Trinajstić information content (AvgIpc) is 2.81. The van der Waals surface area contributed by atoms with Gasteiger partial charge in [0, 0.05) is 23.5 Å². The number of hydrogen-bond donors (Lipinski definition) is 0. The largest absolute Gasteiger partial charge is 0.294 e. The molecule has 0 atom stereocenters. The van der Waals surface area contributed by atoms with Crippen LogP contribution in [0.15, 0.2) is 24.5 Å². The zero-order chi connectivity index (χ0) is 12.9. The number of nitrogens with zero attached hydrogens (tertiary/aromatic N) is 1. The van der Waals surface area contributed by atoms with Gasteiger partial charge in [-0.25, -0.2) is 0 Å². The van der Waals surface area contributed by atoms with Crippen molar-refractivity contribution >= 4 is 28.7 Å². The first-order chi connectivity index (χ1) is 8.59. The number of aromatic nitrogens is 1. The molecule has 5 heteroatoms. The summed E-state index contributed by atoms with van der Waals surface area (Å²) in [7, 11) is 0. The lowest BCUT2D eigenvalue weighted by atomic mass is 9.90. The van der Waals surface area contributed by atoms with E-state index in [1.165, 1.54) is 31.5 Å². The molecular formula is C13H7NO3S. The van der Waals surface area contributed by atoms with Crippen molar-refractivity contribution in [3.63, 3.8) is 0 Å². The molecule has 3 rings (SSSR count). The Labute approximate surface area is 106 Å². The van der Waals surface area contributed by atoms with Crippen LogP contribution in [0.2, 0.25) is 0 Å². The van der Waals surface area contributed by atoms with Crippen LogP contribution >= 0.6 is 11.3 Å². The van der Waals surface area contributed by atoms with Gasteiger partial charge in [0.2, 0.25) is 5.78 Å². The van der Waals surface area contributed by atoms with E-state index in [9.17, 15) is 14.4 Å². The molecule has 88 valence electrons. The van der Waals surface area contributed by atoms with Crippen LogP contribution < -0.4 is 0 Å². The number of hydrogen-bond acceptors (Lipinski definition) is 5. The molecule has 0 fully saturated rings. The van der Waals surface area contributed by atoms with Crippen LogP contribution in [-0.4, -0.2) is 22.3 Å². The molecule has 2 heterocycles. The number of thiophene rings is 1. The van der Waals surface area contributed by atoms with Crippen LogP contribution in [-0.2, 0) is 0 Å². The van der Waals surface area contributed by atoms with Gasteiger partial charge < -0.3 is 0 Å². The van der Waals surface area contributed by atoms with Crippen molar-refractivity contribution in [3.05, 3.63) is 51.0 Å². The Morgan fingerprint density at radius 2 is 1.94 bits per heavy atom. The number of Topliss-reactive ketones (excluding diaryl/α,β-unsaturated/α-hetero) is 1. The summed E-state index contributed by atoms with van der Waals surface area (Å²) >= 11 is 1.07. The maximum absolute atomic E-state index is 12.2. The molecule has 18 heavy (non-hydrogen) atoms. The van der Waals surface area contributed by atoms with Crippen molar-refractivity contribution in [2.24, 2.45) is 0 Å². The minimum Gasteiger partial charge on any atom is -0.294 e. The normalized spacial score (nSPS) is 13.2. The van der Waals surface area contributed by atoms with Crippen LogP contribution in [0.25, 0.3) is 0 Å². The number of carbonyl (C=O) groups is 3. The molecule has 0 bridgehead atoms. The van der Waals surface area contributed by atoms with Crippen LogP contribution in [0.4, 0.5) is 0 Å². The maximum Gasteiger partial charge on any atom is 0.206 e. The van der Waals surface area contributed by atoms with E-state index in [-0.39, 0.29) is 17.3 Å². The Bertz CT molecular complexity index is 662. The third-order valence-corrected chi connectivity index (χ3v) is 4.07. The van der Waals surface area contributed by atoms with Gasteiger partial charge in [-0.05, 0) is 19.1 Å². The molecule has 0 spiro atoms. The highest BCUT2D eigenvalue weighted by Gasteiger charge is 2.32. The smallest absolute Gasteiger partial charge is 0.206 e. The Kier molecular flexibility index (Phi) is 2.24. The molecule has 1 aliphatic carbocycles. The number of pyridine rings is 1. The Hall–Kier alpha value is -2.14. The molecule has 0 N–H and O–H groups in total. The number of ketones is 3. The second-order valence-corrected chi connectivity index (χ2v) is 5.04. The van der Waals surface area contributed by atoms with Crippen molar-refractivity contribution < 1.29 is 14.4 Å². The standard InChI is InChI=1S/C13H7NO3S/c1-6(15)10-4-8-11(16)7-2-3-14-5-9(7)12(17)13(8)18-10/h2-5H,1H3. The van der Waals surface area contributed by atoms with E-state index in [0.29, 0.717) is 26.4 Å². The molecule has 0 aromatic carbocycles. The van der Waals surface area contributed by atoms with E-state index >= 15 is 0 Å². The highest BCUT2D eigenvalue weighted by atomic mass is 32.1. The van der Waals surface area contributed by atoms with Crippen molar-refractivity contribution in [1.29, 1.82) is 0 Å². The fourth-order valence-corrected chi connectivity index (χ4v) is 2.95. The quantitative estimate of drug-likeness (QED) is 0.626. The number of carbonyl (C=O) groups excluding carboxylic acids is 3. The van der Waals surface area contributed by atoms with E-state index in [1.807, 2.05) is 0 Å². The fourth-order valence-electron chi connectivity index (χ4n) is 1.94. The van der Waals surface area contributed by atoms with Gasteiger partial charge in [-0.15, -0.1) is 11.3 Å². The van der Waals surface area contributed by atoms with Gasteiger partial charge in [-0.2, -0.15) is 0 Å². The predicted octanol–water partition coefficient (Wildman–Crippen LogP) is 2.12. The molecule has 0 amide bonds. The molecule has 0 saturated heterocycles. The monoisotopic (exact) mass is 257 g/mol. The van der Waals surface area contributed by atoms with Crippen molar-refractivity contribution in [2.45, 2.75) is 6.92 Å². The summed E-state index contributed by atoms with van der Waals surface area (Å²) in [6, 6.07) is 3.04. The summed E-state index contributed by atoms with van der Waals surface area (Å²) in [5, 5.41) is 0. The van der Waals surface area contributed by atoms with Crippen LogP contribution in [0, 0.1) is 0 Å². The third-order valence-electron chi connectivity index (χ3n) is 2.84. The summed E-state index contributed by atoms with van der Waals surface area (Å²) < 4.78 is 0. The van der Waals surface area contributed by atoms with E-state index in [4.69, 9.17) is 0 Å². The molecule has 4 nitrogen and oxygen atoms in total. The Morgan fingerprint density at radius 1 is 1.17 bits per heavy atom. The first kappa shape index (κ1) is 11.0. The lowest BCUT2D eigenvalue weighted by molar-refractivity contribution is 0.0982. The molecular weight excluding hydrogens is 250 g/mol. The topological polar surface area (TPSA) is 64.1 Å². The molecule has 0 saturated carbocycles. The fraction of sp³-hybridized carbons (Fsp3) is 0.0769. The molecule has 0 aliphatic heterocycles. The average molecular weight is 257 g/mol. The summed E-state index contributed by atoms with van der Waals surface area (Å²) in [4.78, 5) is 40.4. The molecule has 0 unspecified atom stereocenters. The number of fused-ring (bicyclic) bond motifs is 2. The van der Waals surface area contributed by atoms with Gasteiger partial charge in [0.1, 0.15) is 0 Å². The van der Waals surface area contributed by atoms with E-state index < -0.39 is 0 Å². The van der Waals surface area contributed by atoms with Crippen molar-refractivity contribution in [2.75, 3.05) is 0 Å². The lowest BCUT2D eigenvalue weighted by Gasteiger charge is -2.12. The zero-order valence-corrected chi connectivity index (χ0v) is 10.2. The summed E-state index contributed by atoms with van der Waals surface area (Å²) in [5.41, 5.74) is 0.997. The first-order valence-corrected chi connectivity index (χ1v) is 6.09. The second kappa shape index (κ2) is 3.68. The molecule has 2 aromatic rings. The molecule has 0 radical (unpaired) electrons. The van der Waals surface area contributed by atoms with E-state index in [0.717, 1.165) is 11.3 Å². The lowest BCUT2D eigenvalue weighted by Crippen LogP contribution is -2.18. The minimum atomic E-state index is -0.231. The van der Waals surface area contributed by atoms with Gasteiger partial charge in [0.25, 0.3) is 0 Å². The summed E-state index contributed by atoms with van der Waals surface area (Å²) in [5.74, 6) is -0.590. The maximum atomic E-state index is 12.2. The van der Waals surface area contributed by atoms with Gasteiger partial charge in [-0.1, -0.05) is 0 Å². The Morgan fingerprint density at radius 3 is 2.67 bits per heavy atom. The van der Waals surface area contributed by atoms with Gasteiger partial charge in [-0.3, -0.25) is 19.4 Å². The summed E-state index contributed by atoms with van der Waals surface area (Å²) in [6.45, 7) is 1.42. The van der Waals surface area contributed by atoms with Gasteiger partial charge in [0.05, 0.1) is 15.3 Å². The highest BCUT2D eigenvalue weighted by Crippen LogP contribution is 2.32.